The maximum atomic E-state index is 12.7. The number of nitrogens with one attached hydrogen (secondary N) is 1. The fraction of sp³-hybridized carbons (Fsp3) is 0.261. The molecule has 1 N–H and O–H groups in total. The second-order valence-electron chi connectivity index (χ2n) is 7.34. The average molecular weight is 409 g/mol. The molecule has 4 rings (SSSR count). The van der Waals surface area contributed by atoms with Gasteiger partial charge in [-0.1, -0.05) is 54.6 Å². The molecule has 150 valence electrons. The molecule has 3 aromatic rings. The molecular formula is C23H24N2O3S. The summed E-state index contributed by atoms with van der Waals surface area (Å²) in [6, 6.07) is 21.4. The molecule has 0 saturated heterocycles. The Balaban J connectivity index is 1.30. The largest absolute Gasteiger partial charge is 0.352 e. The predicted molar refractivity (Wildman–Crippen MR) is 115 cm³/mol. The van der Waals surface area contributed by atoms with Crippen molar-refractivity contribution in [3.8, 4) is 0 Å². The van der Waals surface area contributed by atoms with E-state index in [2.05, 4.69) is 11.4 Å². The lowest BCUT2D eigenvalue weighted by atomic mass is 10.0. The Morgan fingerprint density at radius 3 is 2.48 bits per heavy atom. The van der Waals surface area contributed by atoms with Crippen LogP contribution in [0.15, 0.2) is 66.7 Å². The average Bonchev–Trinajstić information content (AvgIpc) is 2.76. The smallest absolute Gasteiger partial charge is 0.251 e. The van der Waals surface area contributed by atoms with Gasteiger partial charge in [0.1, 0.15) is 0 Å². The number of sulfonamides is 1. The molecule has 1 aliphatic heterocycles. The first kappa shape index (κ1) is 19.6. The molecule has 1 amide bonds. The highest BCUT2D eigenvalue weighted by atomic mass is 32.2. The van der Waals surface area contributed by atoms with Crippen LogP contribution in [-0.2, 0) is 23.0 Å². The topological polar surface area (TPSA) is 66.5 Å². The molecule has 0 spiro atoms. The van der Waals surface area contributed by atoms with Crippen LogP contribution in [0.3, 0.4) is 0 Å². The number of carbonyl (C=O) groups excluding carboxylic acids is 1. The Bertz CT molecular complexity index is 1140. The zero-order valence-electron chi connectivity index (χ0n) is 16.2. The minimum Gasteiger partial charge on any atom is -0.352 e. The Hall–Kier alpha value is -2.70. The van der Waals surface area contributed by atoms with Crippen LogP contribution < -0.4 is 5.32 Å². The minimum absolute atomic E-state index is 0.0349. The zero-order chi connectivity index (χ0) is 20.3. The standard InChI is InChI=1S/C23H24N2O3S/c26-23(21-11-10-18-6-1-3-8-20(18)16-21)24-13-5-15-29(27,28)25-14-12-19-7-2-4-9-22(19)17-25/h1-4,6-11,16H,5,12-15,17H2,(H,24,26). The molecule has 0 radical (unpaired) electrons. The number of hydrogen-bond acceptors (Lipinski definition) is 3. The van der Waals surface area contributed by atoms with E-state index < -0.39 is 10.0 Å². The van der Waals surface area contributed by atoms with Gasteiger partial charge < -0.3 is 5.32 Å². The SMILES string of the molecule is O=C(NCCCS(=O)(=O)N1CCc2ccccc2C1)c1ccc2ccccc2c1. The Kier molecular flexibility index (Phi) is 5.65. The summed E-state index contributed by atoms with van der Waals surface area (Å²) in [5.74, 6) is -0.146. The predicted octanol–water partition coefficient (Wildman–Crippen LogP) is 3.35. The Morgan fingerprint density at radius 2 is 1.66 bits per heavy atom. The lowest BCUT2D eigenvalue weighted by molar-refractivity contribution is 0.0953. The maximum Gasteiger partial charge on any atom is 0.251 e. The lowest BCUT2D eigenvalue weighted by Crippen LogP contribution is -2.38. The summed E-state index contributed by atoms with van der Waals surface area (Å²) in [7, 11) is -3.34. The summed E-state index contributed by atoms with van der Waals surface area (Å²) in [5.41, 5.74) is 2.88. The fourth-order valence-corrected chi connectivity index (χ4v) is 5.20. The van der Waals surface area contributed by atoms with Gasteiger partial charge in [-0.05, 0) is 46.9 Å². The molecule has 5 nitrogen and oxygen atoms in total. The van der Waals surface area contributed by atoms with Crippen LogP contribution in [0.2, 0.25) is 0 Å². The quantitative estimate of drug-likeness (QED) is 0.636. The van der Waals surface area contributed by atoms with Gasteiger partial charge in [0, 0.05) is 25.2 Å². The van der Waals surface area contributed by atoms with Gasteiger partial charge in [-0.25, -0.2) is 8.42 Å². The van der Waals surface area contributed by atoms with E-state index in [0.717, 1.165) is 22.8 Å². The molecule has 0 atom stereocenters. The van der Waals surface area contributed by atoms with Crippen molar-refractivity contribution in [3.05, 3.63) is 83.4 Å². The highest BCUT2D eigenvalue weighted by Crippen LogP contribution is 2.21. The molecule has 0 saturated carbocycles. The Morgan fingerprint density at radius 1 is 0.931 bits per heavy atom. The van der Waals surface area contributed by atoms with Gasteiger partial charge in [-0.15, -0.1) is 0 Å². The molecule has 0 fully saturated rings. The molecule has 0 aliphatic carbocycles. The van der Waals surface area contributed by atoms with E-state index >= 15 is 0 Å². The van der Waals surface area contributed by atoms with Gasteiger partial charge in [-0.2, -0.15) is 4.31 Å². The third kappa shape index (κ3) is 4.49. The molecular weight excluding hydrogens is 384 g/mol. The van der Waals surface area contributed by atoms with Crippen molar-refractivity contribution in [1.82, 2.24) is 9.62 Å². The molecule has 0 aromatic heterocycles. The van der Waals surface area contributed by atoms with E-state index in [-0.39, 0.29) is 11.7 Å². The van der Waals surface area contributed by atoms with Crippen molar-refractivity contribution in [2.45, 2.75) is 19.4 Å². The fourth-order valence-electron chi connectivity index (χ4n) is 3.73. The van der Waals surface area contributed by atoms with Gasteiger partial charge in [-0.3, -0.25) is 4.79 Å². The van der Waals surface area contributed by atoms with Crippen molar-refractivity contribution in [1.29, 1.82) is 0 Å². The second-order valence-corrected chi connectivity index (χ2v) is 9.43. The zero-order valence-corrected chi connectivity index (χ0v) is 17.0. The van der Waals surface area contributed by atoms with Gasteiger partial charge >= 0.3 is 0 Å². The summed E-state index contributed by atoms with van der Waals surface area (Å²) in [6.07, 6.45) is 1.13. The molecule has 0 unspecified atom stereocenters. The number of benzene rings is 3. The van der Waals surface area contributed by atoms with Crippen molar-refractivity contribution in [2.24, 2.45) is 0 Å². The maximum absolute atomic E-state index is 12.7. The first-order valence-corrected chi connectivity index (χ1v) is 11.5. The molecule has 29 heavy (non-hydrogen) atoms. The van der Waals surface area contributed by atoms with Gasteiger partial charge in [0.15, 0.2) is 0 Å². The number of rotatable bonds is 6. The molecule has 6 heteroatoms. The third-order valence-corrected chi connectivity index (χ3v) is 7.27. The van der Waals surface area contributed by atoms with Gasteiger partial charge in [0.25, 0.3) is 5.91 Å². The van der Waals surface area contributed by atoms with Crippen molar-refractivity contribution >= 4 is 26.7 Å². The van der Waals surface area contributed by atoms with E-state index in [0.29, 0.717) is 31.6 Å². The number of hydrogen-bond donors (Lipinski definition) is 1. The highest BCUT2D eigenvalue weighted by Gasteiger charge is 2.26. The summed E-state index contributed by atoms with van der Waals surface area (Å²) in [6.45, 7) is 1.28. The third-order valence-electron chi connectivity index (χ3n) is 5.37. The monoisotopic (exact) mass is 408 g/mol. The van der Waals surface area contributed by atoms with E-state index in [1.54, 1.807) is 10.4 Å². The summed E-state index contributed by atoms with van der Waals surface area (Å²) < 4.78 is 26.9. The normalized spacial score (nSPS) is 14.5. The van der Waals surface area contributed by atoms with Crippen LogP contribution in [0, 0.1) is 0 Å². The van der Waals surface area contributed by atoms with Crippen molar-refractivity contribution in [3.63, 3.8) is 0 Å². The highest BCUT2D eigenvalue weighted by molar-refractivity contribution is 7.89. The van der Waals surface area contributed by atoms with Gasteiger partial charge in [0.2, 0.25) is 10.0 Å². The van der Waals surface area contributed by atoms with Gasteiger partial charge in [0.05, 0.1) is 5.75 Å². The summed E-state index contributed by atoms with van der Waals surface area (Å²) in [5, 5.41) is 4.92. The van der Waals surface area contributed by atoms with E-state index in [4.69, 9.17) is 0 Å². The first-order valence-electron chi connectivity index (χ1n) is 9.84. The molecule has 1 aliphatic rings. The van der Waals surface area contributed by atoms with Crippen LogP contribution in [0.1, 0.15) is 27.9 Å². The number of carbonyl (C=O) groups is 1. The summed E-state index contributed by atoms with van der Waals surface area (Å²) >= 11 is 0. The summed E-state index contributed by atoms with van der Waals surface area (Å²) in [4.78, 5) is 12.4. The molecule has 1 heterocycles. The van der Waals surface area contributed by atoms with Crippen LogP contribution >= 0.6 is 0 Å². The van der Waals surface area contributed by atoms with Crippen LogP contribution in [0.5, 0.6) is 0 Å². The molecule has 3 aromatic carbocycles. The van der Waals surface area contributed by atoms with Crippen LogP contribution in [-0.4, -0.2) is 37.5 Å². The number of amides is 1. The number of nitrogens with zero attached hydrogens (tertiary/aromatic N) is 1. The van der Waals surface area contributed by atoms with Crippen molar-refractivity contribution < 1.29 is 13.2 Å². The van der Waals surface area contributed by atoms with Crippen LogP contribution in [0.4, 0.5) is 0 Å². The van der Waals surface area contributed by atoms with E-state index in [9.17, 15) is 13.2 Å². The van der Waals surface area contributed by atoms with E-state index in [1.165, 1.54) is 5.56 Å². The van der Waals surface area contributed by atoms with Crippen LogP contribution in [0.25, 0.3) is 10.8 Å². The molecule has 0 bridgehead atoms. The number of fused-ring (bicyclic) bond motifs is 2. The van der Waals surface area contributed by atoms with Crippen molar-refractivity contribution in [2.75, 3.05) is 18.8 Å². The van der Waals surface area contributed by atoms with E-state index in [1.807, 2.05) is 54.6 Å². The Labute approximate surface area is 171 Å². The first-order chi connectivity index (χ1) is 14.0. The minimum atomic E-state index is -3.34. The lowest BCUT2D eigenvalue weighted by Gasteiger charge is -2.28. The second kappa shape index (κ2) is 8.35.